The van der Waals surface area contributed by atoms with Crippen LogP contribution in [0.4, 0.5) is 0 Å². The van der Waals surface area contributed by atoms with Gasteiger partial charge in [-0.15, -0.1) is 0 Å². The van der Waals surface area contributed by atoms with Crippen molar-refractivity contribution in [3.63, 3.8) is 0 Å². The molecule has 1 fully saturated rings. The number of hydrogen-bond donors (Lipinski definition) is 1. The molecule has 1 aromatic carbocycles. The van der Waals surface area contributed by atoms with Crippen molar-refractivity contribution in [1.29, 1.82) is 0 Å². The summed E-state index contributed by atoms with van der Waals surface area (Å²) >= 11 is 0. The van der Waals surface area contributed by atoms with Gasteiger partial charge in [0.2, 0.25) is 0 Å². The topological polar surface area (TPSA) is 61.5 Å². The summed E-state index contributed by atoms with van der Waals surface area (Å²) in [5.41, 5.74) is 5.72. The van der Waals surface area contributed by atoms with E-state index in [-0.39, 0.29) is 12.2 Å². The van der Waals surface area contributed by atoms with Crippen molar-refractivity contribution < 1.29 is 14.3 Å². The maximum absolute atomic E-state index is 11.3. The van der Waals surface area contributed by atoms with Crippen LogP contribution in [-0.2, 0) is 0 Å². The van der Waals surface area contributed by atoms with E-state index in [1.54, 1.807) is 18.2 Å². The molecule has 4 nitrogen and oxygen atoms in total. The molecular formula is C13H17NO3. The predicted octanol–water partition coefficient (Wildman–Crippen LogP) is 2.11. The number of hydrogen-bond acceptors (Lipinski definition) is 3. The number of para-hydroxylation sites is 1. The first-order valence-corrected chi connectivity index (χ1v) is 5.84. The Bertz CT molecular complexity index is 425. The number of primary amides is 1. The van der Waals surface area contributed by atoms with Crippen LogP contribution in [0.3, 0.4) is 0 Å². The molecule has 0 atom stereocenters. The van der Waals surface area contributed by atoms with Crippen LogP contribution in [0.15, 0.2) is 18.2 Å². The molecule has 0 heterocycles. The molecule has 0 unspecified atom stereocenters. The van der Waals surface area contributed by atoms with Gasteiger partial charge in [0.15, 0.2) is 11.5 Å². The Kier molecular flexibility index (Phi) is 3.22. The average Bonchev–Trinajstić information content (AvgIpc) is 3.03. The number of nitrogens with two attached hydrogens (primary N) is 1. The first kappa shape index (κ1) is 11.8. The molecule has 17 heavy (non-hydrogen) atoms. The van der Waals surface area contributed by atoms with Crippen LogP contribution in [0.5, 0.6) is 11.5 Å². The minimum atomic E-state index is -0.491. The fourth-order valence-electron chi connectivity index (χ4n) is 1.53. The van der Waals surface area contributed by atoms with Gasteiger partial charge in [-0.25, -0.2) is 0 Å². The zero-order valence-electron chi connectivity index (χ0n) is 10.1. The Morgan fingerprint density at radius 3 is 2.65 bits per heavy atom. The second kappa shape index (κ2) is 4.65. The number of carbonyl (C=O) groups is 1. The van der Waals surface area contributed by atoms with Gasteiger partial charge >= 0.3 is 0 Å². The van der Waals surface area contributed by atoms with Gasteiger partial charge in [0.25, 0.3) is 5.91 Å². The third kappa shape index (κ3) is 2.90. The summed E-state index contributed by atoms with van der Waals surface area (Å²) in [6, 6.07) is 5.20. The van der Waals surface area contributed by atoms with Crippen LogP contribution in [0.25, 0.3) is 0 Å². The SMILES string of the molecule is CC(C)Oc1cccc(C(N)=O)c1OC1CC1. The number of amides is 1. The maximum atomic E-state index is 11.3. The Balaban J connectivity index is 2.34. The molecule has 1 aliphatic rings. The summed E-state index contributed by atoms with van der Waals surface area (Å²) in [4.78, 5) is 11.3. The van der Waals surface area contributed by atoms with Gasteiger partial charge in [0, 0.05) is 0 Å². The summed E-state index contributed by atoms with van der Waals surface area (Å²) in [7, 11) is 0. The quantitative estimate of drug-likeness (QED) is 0.850. The van der Waals surface area contributed by atoms with E-state index in [1.807, 2.05) is 13.8 Å². The minimum absolute atomic E-state index is 0.0275. The molecule has 2 rings (SSSR count). The Labute approximate surface area is 101 Å². The molecule has 0 bridgehead atoms. The summed E-state index contributed by atoms with van der Waals surface area (Å²) < 4.78 is 11.4. The summed E-state index contributed by atoms with van der Waals surface area (Å²) in [6.45, 7) is 3.86. The van der Waals surface area contributed by atoms with Crippen molar-refractivity contribution in [3.8, 4) is 11.5 Å². The molecule has 0 radical (unpaired) electrons. The van der Waals surface area contributed by atoms with Crippen LogP contribution < -0.4 is 15.2 Å². The van der Waals surface area contributed by atoms with Crippen LogP contribution in [0, 0.1) is 0 Å². The first-order valence-electron chi connectivity index (χ1n) is 5.84. The molecule has 0 aromatic heterocycles. The normalized spacial score (nSPS) is 14.8. The van der Waals surface area contributed by atoms with Crippen molar-refractivity contribution in [2.24, 2.45) is 5.73 Å². The van der Waals surface area contributed by atoms with E-state index in [9.17, 15) is 4.79 Å². The zero-order valence-corrected chi connectivity index (χ0v) is 10.1. The van der Waals surface area contributed by atoms with E-state index < -0.39 is 5.91 Å². The largest absolute Gasteiger partial charge is 0.487 e. The lowest BCUT2D eigenvalue weighted by atomic mass is 10.1. The lowest BCUT2D eigenvalue weighted by Crippen LogP contribution is -2.15. The van der Waals surface area contributed by atoms with E-state index >= 15 is 0 Å². The molecule has 1 amide bonds. The standard InChI is InChI=1S/C13H17NO3/c1-8(2)16-11-5-3-4-10(13(14)15)12(11)17-9-6-7-9/h3-5,8-9H,6-7H2,1-2H3,(H2,14,15). The van der Waals surface area contributed by atoms with Crippen LogP contribution in [0.2, 0.25) is 0 Å². The Hall–Kier alpha value is -1.71. The van der Waals surface area contributed by atoms with E-state index in [0.717, 1.165) is 12.8 Å². The van der Waals surface area contributed by atoms with Gasteiger partial charge in [0.05, 0.1) is 17.8 Å². The fourth-order valence-corrected chi connectivity index (χ4v) is 1.53. The first-order chi connectivity index (χ1) is 8.08. The number of benzene rings is 1. The van der Waals surface area contributed by atoms with Crippen LogP contribution in [-0.4, -0.2) is 18.1 Å². The molecule has 1 saturated carbocycles. The molecule has 92 valence electrons. The van der Waals surface area contributed by atoms with Crippen molar-refractivity contribution in [1.82, 2.24) is 0 Å². The second-order valence-corrected chi connectivity index (χ2v) is 4.48. The maximum Gasteiger partial charge on any atom is 0.252 e. The van der Waals surface area contributed by atoms with Gasteiger partial charge in [-0.05, 0) is 38.8 Å². The molecule has 0 spiro atoms. The summed E-state index contributed by atoms with van der Waals surface area (Å²) in [5.74, 6) is 0.578. The zero-order chi connectivity index (χ0) is 12.4. The van der Waals surface area contributed by atoms with Crippen molar-refractivity contribution in [3.05, 3.63) is 23.8 Å². The summed E-state index contributed by atoms with van der Waals surface area (Å²) in [6.07, 6.45) is 2.27. The van der Waals surface area contributed by atoms with Gasteiger partial charge in [0.1, 0.15) is 0 Å². The van der Waals surface area contributed by atoms with E-state index in [4.69, 9.17) is 15.2 Å². The van der Waals surface area contributed by atoms with Gasteiger partial charge in [-0.3, -0.25) is 4.79 Å². The third-order valence-electron chi connectivity index (χ3n) is 2.42. The molecule has 1 aliphatic carbocycles. The van der Waals surface area contributed by atoms with Crippen molar-refractivity contribution in [2.45, 2.75) is 38.9 Å². The predicted molar refractivity (Wildman–Crippen MR) is 64.4 cm³/mol. The van der Waals surface area contributed by atoms with Gasteiger partial charge in [-0.2, -0.15) is 0 Å². The highest BCUT2D eigenvalue weighted by Gasteiger charge is 2.27. The summed E-state index contributed by atoms with van der Waals surface area (Å²) in [5, 5.41) is 0. The van der Waals surface area contributed by atoms with E-state index in [2.05, 4.69) is 0 Å². The van der Waals surface area contributed by atoms with Gasteiger partial charge in [-0.1, -0.05) is 6.07 Å². The highest BCUT2D eigenvalue weighted by molar-refractivity contribution is 5.96. The van der Waals surface area contributed by atoms with Crippen LogP contribution in [0.1, 0.15) is 37.0 Å². The molecule has 0 aliphatic heterocycles. The molecule has 1 aromatic rings. The smallest absolute Gasteiger partial charge is 0.252 e. The lowest BCUT2D eigenvalue weighted by Gasteiger charge is -2.16. The number of carbonyl (C=O) groups excluding carboxylic acids is 1. The molecule has 2 N–H and O–H groups in total. The Morgan fingerprint density at radius 1 is 1.41 bits per heavy atom. The number of ether oxygens (including phenoxy) is 2. The monoisotopic (exact) mass is 235 g/mol. The lowest BCUT2D eigenvalue weighted by molar-refractivity contribution is 0.0994. The number of rotatable bonds is 5. The van der Waals surface area contributed by atoms with E-state index in [1.165, 1.54) is 0 Å². The molecule has 4 heteroatoms. The molecular weight excluding hydrogens is 218 g/mol. The third-order valence-corrected chi connectivity index (χ3v) is 2.42. The average molecular weight is 235 g/mol. The van der Waals surface area contributed by atoms with Crippen molar-refractivity contribution >= 4 is 5.91 Å². The highest BCUT2D eigenvalue weighted by Crippen LogP contribution is 2.36. The van der Waals surface area contributed by atoms with Crippen LogP contribution >= 0.6 is 0 Å². The second-order valence-electron chi connectivity index (χ2n) is 4.48. The minimum Gasteiger partial charge on any atom is -0.487 e. The van der Waals surface area contributed by atoms with Crippen molar-refractivity contribution in [2.75, 3.05) is 0 Å². The van der Waals surface area contributed by atoms with E-state index in [0.29, 0.717) is 17.1 Å². The Morgan fingerprint density at radius 2 is 2.12 bits per heavy atom. The fraction of sp³-hybridized carbons (Fsp3) is 0.462. The highest BCUT2D eigenvalue weighted by atomic mass is 16.5. The molecule has 0 saturated heterocycles. The van der Waals surface area contributed by atoms with Gasteiger partial charge < -0.3 is 15.2 Å².